The fourth-order valence-corrected chi connectivity index (χ4v) is 4.58. The van der Waals surface area contributed by atoms with E-state index in [2.05, 4.69) is 52.0 Å². The zero-order valence-corrected chi connectivity index (χ0v) is 21.3. The largest absolute Gasteiger partial charge is 0.492 e. The molecule has 192 valence electrons. The molecule has 0 amide bonds. The van der Waals surface area contributed by atoms with Gasteiger partial charge in [-0.3, -0.25) is 14.7 Å². The van der Waals surface area contributed by atoms with E-state index in [1.165, 1.54) is 38.0 Å². The van der Waals surface area contributed by atoms with Crippen LogP contribution in [0, 0.1) is 19.1 Å². The number of rotatable bonds is 9. The summed E-state index contributed by atoms with van der Waals surface area (Å²) in [6, 6.07) is 6.97. The topological polar surface area (TPSA) is 180 Å². The Morgan fingerprint density at radius 1 is 1.08 bits per heavy atom. The van der Waals surface area contributed by atoms with E-state index in [1.54, 1.807) is 20.0 Å². The summed E-state index contributed by atoms with van der Waals surface area (Å²) in [5.41, 5.74) is 1.20. The lowest BCUT2D eigenvalue weighted by Gasteiger charge is -2.21. The molecule has 0 aliphatic carbocycles. The van der Waals surface area contributed by atoms with Crippen molar-refractivity contribution in [1.29, 1.82) is 0 Å². The fourth-order valence-electron chi connectivity index (χ4n) is 3.33. The first kappa shape index (κ1) is 25.5. The highest BCUT2D eigenvalue weighted by atomic mass is 32.2. The predicted molar refractivity (Wildman–Crippen MR) is 130 cm³/mol. The summed E-state index contributed by atoms with van der Waals surface area (Å²) in [4.78, 5) is 20.6. The highest BCUT2D eigenvalue weighted by molar-refractivity contribution is 7.93. The van der Waals surface area contributed by atoms with Crippen molar-refractivity contribution in [3.8, 4) is 34.8 Å². The van der Waals surface area contributed by atoms with Gasteiger partial charge in [-0.1, -0.05) is 13.0 Å². The van der Waals surface area contributed by atoms with Gasteiger partial charge in [0.15, 0.2) is 17.2 Å². The molecule has 14 nitrogen and oxygen atoms in total. The number of sulfonamides is 1. The van der Waals surface area contributed by atoms with E-state index in [0.29, 0.717) is 11.4 Å². The van der Waals surface area contributed by atoms with Crippen molar-refractivity contribution in [2.75, 3.05) is 18.9 Å². The summed E-state index contributed by atoms with van der Waals surface area (Å²) in [5.74, 6) is -1.19. The third kappa shape index (κ3) is 5.05. The Morgan fingerprint density at radius 3 is 2.54 bits per heavy atom. The lowest BCUT2D eigenvalue weighted by atomic mass is 10.1. The number of hydrogen-bond donors (Lipinski definition) is 2. The summed E-state index contributed by atoms with van der Waals surface area (Å²) in [5, 5.41) is 17.7. The molecule has 4 heterocycles. The van der Waals surface area contributed by atoms with Crippen molar-refractivity contribution in [3.05, 3.63) is 48.3 Å². The van der Waals surface area contributed by atoms with Crippen molar-refractivity contribution in [2.45, 2.75) is 31.9 Å². The molecule has 0 spiro atoms. The van der Waals surface area contributed by atoms with E-state index in [9.17, 15) is 13.5 Å². The van der Waals surface area contributed by atoms with Gasteiger partial charge >= 0.3 is 0 Å². The van der Waals surface area contributed by atoms with Crippen molar-refractivity contribution in [3.63, 3.8) is 0 Å². The molecule has 0 aliphatic heterocycles. The van der Waals surface area contributed by atoms with Gasteiger partial charge in [-0.15, -0.1) is 10.2 Å². The fraction of sp³-hybridized carbons (Fsp3) is 0.318. The smallest absolute Gasteiger partial charge is 0.245 e. The van der Waals surface area contributed by atoms with Gasteiger partial charge in [0.25, 0.3) is 0 Å². The molecule has 2 atom stereocenters. The Balaban J connectivity index is 1.82. The second-order valence-electron chi connectivity index (χ2n) is 7.88. The van der Waals surface area contributed by atoms with Gasteiger partial charge in [0.2, 0.25) is 33.6 Å². The molecule has 0 bridgehead atoms. The van der Waals surface area contributed by atoms with Crippen LogP contribution < -0.4 is 14.2 Å². The number of hydrogen-bond acceptors (Lipinski definition) is 12. The second kappa shape index (κ2) is 10.2. The van der Waals surface area contributed by atoms with Gasteiger partial charge in [0, 0.05) is 18.3 Å². The van der Waals surface area contributed by atoms with Crippen LogP contribution in [0.1, 0.15) is 31.2 Å². The molecule has 4 aromatic rings. The number of ether oxygens (including phenoxy) is 2. The Bertz CT molecular complexity index is 1510. The van der Waals surface area contributed by atoms with Gasteiger partial charge in [0.1, 0.15) is 6.33 Å². The highest BCUT2D eigenvalue weighted by Crippen LogP contribution is 2.34. The molecule has 15 heteroatoms. The van der Waals surface area contributed by atoms with Crippen LogP contribution in [-0.2, 0) is 10.0 Å². The molecule has 4 aromatic heterocycles. The van der Waals surface area contributed by atoms with Crippen molar-refractivity contribution in [2.24, 2.45) is 0 Å². The summed E-state index contributed by atoms with van der Waals surface area (Å²) < 4.78 is 40.9. The molecule has 4 rings (SSSR count). The minimum absolute atomic E-state index is 0.0126. The zero-order valence-electron chi connectivity index (χ0n) is 20.5. The molecule has 0 saturated carbocycles. The van der Waals surface area contributed by atoms with Crippen LogP contribution in [0.2, 0.25) is 0 Å². The molecule has 0 aromatic carbocycles. The first-order valence-electron chi connectivity index (χ1n) is 10.8. The van der Waals surface area contributed by atoms with E-state index in [-0.39, 0.29) is 34.9 Å². The van der Waals surface area contributed by atoms with Gasteiger partial charge in [-0.25, -0.2) is 18.0 Å². The standard InChI is InChI=1S/C22H23N9O5S/c1-12-9-24-16(10-23-12)13(2)14(3)37(33,34)30-22-29-28-19(15-7-6-8-17(27-15)35-4)31(22)18-20(32)25-11-26-21(18)36-5/h8-11,13-14H,1-5H3,(H,29,30)(H,25,26,32)/t13-,14-/m0/s1. The molecule has 0 radical (unpaired) electrons. The van der Waals surface area contributed by atoms with Gasteiger partial charge in [0.05, 0.1) is 36.9 Å². The summed E-state index contributed by atoms with van der Waals surface area (Å²) in [6.45, 7) is 5.05. The number of aromatic nitrogens is 8. The average molecular weight is 526 g/mol. The SMILES string of the molecule is COc1cc#cc(-c2nnc(NS(=O)(=O)[C@@H](C)[C@H](C)c3cnc(C)cn3)n2-c2c(O)ncnc2OC)n1. The molecule has 0 unspecified atom stereocenters. The van der Waals surface area contributed by atoms with Crippen LogP contribution in [0.25, 0.3) is 17.2 Å². The molecule has 2 N–H and O–H groups in total. The average Bonchev–Trinajstić information content (AvgIpc) is 3.30. The zero-order chi connectivity index (χ0) is 26.7. The number of aryl methyl sites for hydroxylation is 1. The lowest BCUT2D eigenvalue weighted by molar-refractivity contribution is 0.382. The minimum atomic E-state index is -4.08. The van der Waals surface area contributed by atoms with E-state index in [0.717, 1.165) is 6.33 Å². The monoisotopic (exact) mass is 525 g/mol. The third-order valence-electron chi connectivity index (χ3n) is 5.57. The van der Waals surface area contributed by atoms with Crippen LogP contribution >= 0.6 is 0 Å². The lowest BCUT2D eigenvalue weighted by Crippen LogP contribution is -2.31. The Labute approximate surface area is 212 Å². The second-order valence-corrected chi connectivity index (χ2v) is 9.92. The molecule has 0 fully saturated rings. The molecule has 0 saturated heterocycles. The van der Waals surface area contributed by atoms with Crippen LogP contribution in [0.4, 0.5) is 5.95 Å². The maximum atomic E-state index is 13.4. The van der Waals surface area contributed by atoms with Crippen LogP contribution in [0.5, 0.6) is 17.6 Å². The maximum absolute atomic E-state index is 13.4. The predicted octanol–water partition coefficient (Wildman–Crippen LogP) is 1.47. The van der Waals surface area contributed by atoms with E-state index in [4.69, 9.17) is 9.47 Å². The summed E-state index contributed by atoms with van der Waals surface area (Å²) in [6.07, 6.45) is 4.19. The third-order valence-corrected chi connectivity index (χ3v) is 7.43. The van der Waals surface area contributed by atoms with Gasteiger partial charge in [-0.2, -0.15) is 9.97 Å². The quantitative estimate of drug-likeness (QED) is 0.322. The Hall–Kier alpha value is -4.58. The number of nitrogens with one attached hydrogen (secondary N) is 1. The molecule has 37 heavy (non-hydrogen) atoms. The van der Waals surface area contributed by atoms with E-state index < -0.39 is 27.1 Å². The van der Waals surface area contributed by atoms with Crippen molar-refractivity contribution >= 4 is 16.0 Å². The van der Waals surface area contributed by atoms with Gasteiger partial charge < -0.3 is 14.6 Å². The van der Waals surface area contributed by atoms with Crippen LogP contribution in [-0.4, -0.2) is 72.7 Å². The summed E-state index contributed by atoms with van der Waals surface area (Å²) in [7, 11) is -1.33. The minimum Gasteiger partial charge on any atom is -0.492 e. The van der Waals surface area contributed by atoms with E-state index >= 15 is 0 Å². The van der Waals surface area contributed by atoms with E-state index in [1.807, 2.05) is 0 Å². The molecular weight excluding hydrogens is 502 g/mol. The van der Waals surface area contributed by atoms with Crippen molar-refractivity contribution < 1.29 is 23.0 Å². The first-order chi connectivity index (χ1) is 17.7. The van der Waals surface area contributed by atoms with Crippen LogP contribution in [0.3, 0.4) is 0 Å². The number of methoxy groups -OCH3 is 2. The van der Waals surface area contributed by atoms with Crippen LogP contribution in [0.15, 0.2) is 24.8 Å². The highest BCUT2D eigenvalue weighted by Gasteiger charge is 2.32. The van der Waals surface area contributed by atoms with Crippen molar-refractivity contribution in [1.82, 2.24) is 39.7 Å². The Morgan fingerprint density at radius 2 is 1.86 bits per heavy atom. The molecular formula is C22H23N9O5S. The number of anilines is 1. The number of nitrogens with zero attached hydrogens (tertiary/aromatic N) is 8. The number of aromatic hydroxyl groups is 1. The van der Waals surface area contributed by atoms with Gasteiger partial charge in [-0.05, 0) is 19.9 Å². The first-order valence-corrected chi connectivity index (χ1v) is 12.4. The molecule has 0 aliphatic rings. The Kier molecular flexibility index (Phi) is 7.02. The maximum Gasteiger partial charge on any atom is 0.245 e. The normalized spacial score (nSPS) is 12.9. The summed E-state index contributed by atoms with van der Waals surface area (Å²) >= 11 is 0.